The van der Waals surface area contributed by atoms with E-state index in [1.54, 1.807) is 12.1 Å². The van der Waals surface area contributed by atoms with Gasteiger partial charge in [-0.3, -0.25) is 9.59 Å². The third-order valence-corrected chi connectivity index (χ3v) is 6.55. The molecule has 0 fully saturated rings. The van der Waals surface area contributed by atoms with Crippen LogP contribution in [-0.4, -0.2) is 26.6 Å². The lowest BCUT2D eigenvalue weighted by molar-refractivity contribution is -0.115. The summed E-state index contributed by atoms with van der Waals surface area (Å²) in [5.41, 5.74) is 6.97. The van der Waals surface area contributed by atoms with Gasteiger partial charge < -0.3 is 15.8 Å². The van der Waals surface area contributed by atoms with Crippen LogP contribution in [0.3, 0.4) is 0 Å². The van der Waals surface area contributed by atoms with E-state index in [9.17, 15) is 22.8 Å². The molecule has 8 nitrogen and oxygen atoms in total. The highest BCUT2D eigenvalue weighted by atomic mass is 32.1. The SMILES string of the molecule is NC(=O)c1cccnc1Oc1ccc(CC(=O)Nc2cc3cc(-c4cnn(C(F)F)c4)ccc3s2)cc1F. The highest BCUT2D eigenvalue weighted by molar-refractivity contribution is 7.23. The molecule has 2 amide bonds. The predicted molar refractivity (Wildman–Crippen MR) is 136 cm³/mol. The van der Waals surface area contributed by atoms with Crippen LogP contribution in [0.2, 0.25) is 0 Å². The first-order valence-electron chi connectivity index (χ1n) is 11.1. The van der Waals surface area contributed by atoms with Gasteiger partial charge in [-0.15, -0.1) is 11.3 Å². The minimum Gasteiger partial charge on any atom is -0.435 e. The molecule has 192 valence electrons. The third-order valence-electron chi connectivity index (χ3n) is 5.52. The maximum Gasteiger partial charge on any atom is 0.333 e. The zero-order valence-corrected chi connectivity index (χ0v) is 20.2. The summed E-state index contributed by atoms with van der Waals surface area (Å²) in [5.74, 6) is -2.15. The molecule has 0 saturated carbocycles. The number of halogens is 3. The predicted octanol–water partition coefficient (Wildman–Crippen LogP) is 5.77. The van der Waals surface area contributed by atoms with Gasteiger partial charge in [-0.2, -0.15) is 13.9 Å². The number of hydrogen-bond acceptors (Lipinski definition) is 6. The molecule has 0 spiro atoms. The number of benzene rings is 2. The Balaban J connectivity index is 1.26. The number of nitrogens with zero attached hydrogens (tertiary/aromatic N) is 3. The molecule has 0 aliphatic rings. The minimum atomic E-state index is -2.72. The van der Waals surface area contributed by atoms with Crippen molar-refractivity contribution in [2.75, 3.05) is 5.32 Å². The van der Waals surface area contributed by atoms with Crippen LogP contribution >= 0.6 is 11.3 Å². The summed E-state index contributed by atoms with van der Waals surface area (Å²) in [6.45, 7) is -2.72. The number of primary amides is 1. The van der Waals surface area contributed by atoms with E-state index in [0.717, 1.165) is 10.1 Å². The monoisotopic (exact) mass is 537 g/mol. The zero-order chi connectivity index (χ0) is 26.8. The molecular weight excluding hydrogens is 519 g/mol. The Hall–Kier alpha value is -4.71. The molecule has 0 aliphatic carbocycles. The standard InChI is InChI=1S/C26H18F3N5O3S/c27-19-8-14(3-5-20(19)37-25-18(24(30)36)2-1-7-31-25)9-22(35)33-23-11-16-10-15(4-6-21(16)38-23)17-12-32-34(13-17)26(28)29/h1-8,10-13,26H,9H2,(H2,30,36)(H,33,35). The largest absolute Gasteiger partial charge is 0.435 e. The Morgan fingerprint density at radius 2 is 1.95 bits per heavy atom. The topological polar surface area (TPSA) is 112 Å². The Morgan fingerprint density at radius 1 is 1.11 bits per heavy atom. The number of carbonyl (C=O) groups excluding carboxylic acids is 2. The van der Waals surface area contributed by atoms with Gasteiger partial charge in [0.15, 0.2) is 11.6 Å². The van der Waals surface area contributed by atoms with Crippen molar-refractivity contribution < 1.29 is 27.5 Å². The highest BCUT2D eigenvalue weighted by Crippen LogP contribution is 2.33. The summed E-state index contributed by atoms with van der Waals surface area (Å²) in [4.78, 5) is 28.1. The Bertz CT molecular complexity index is 1670. The fraction of sp³-hybridized carbons (Fsp3) is 0.0769. The van der Waals surface area contributed by atoms with E-state index in [0.29, 0.717) is 26.4 Å². The molecule has 3 heterocycles. The normalized spacial score (nSPS) is 11.2. The fourth-order valence-electron chi connectivity index (χ4n) is 3.75. The van der Waals surface area contributed by atoms with Crippen molar-refractivity contribution in [1.82, 2.24) is 14.8 Å². The van der Waals surface area contributed by atoms with Crippen molar-refractivity contribution in [2.45, 2.75) is 13.0 Å². The van der Waals surface area contributed by atoms with Gasteiger partial charge in [-0.25, -0.2) is 14.1 Å². The van der Waals surface area contributed by atoms with Crippen molar-refractivity contribution in [3.8, 4) is 22.8 Å². The van der Waals surface area contributed by atoms with Crippen LogP contribution in [0, 0.1) is 5.82 Å². The average Bonchev–Trinajstić information content (AvgIpc) is 3.52. The Kier molecular flexibility index (Phi) is 6.79. The number of rotatable bonds is 8. The van der Waals surface area contributed by atoms with Crippen molar-refractivity contribution in [2.24, 2.45) is 5.73 Å². The first-order chi connectivity index (χ1) is 18.3. The molecule has 0 aliphatic heterocycles. The molecule has 0 unspecified atom stereocenters. The maximum atomic E-state index is 14.7. The second-order valence-corrected chi connectivity index (χ2v) is 9.25. The third kappa shape index (κ3) is 5.34. The molecule has 3 N–H and O–H groups in total. The van der Waals surface area contributed by atoms with Gasteiger partial charge in [0.2, 0.25) is 11.8 Å². The molecule has 2 aromatic carbocycles. The van der Waals surface area contributed by atoms with Crippen LogP contribution in [0.1, 0.15) is 22.5 Å². The van der Waals surface area contributed by atoms with E-state index in [1.165, 1.54) is 60.3 Å². The van der Waals surface area contributed by atoms with Gasteiger partial charge in [0.25, 0.3) is 5.91 Å². The number of carbonyl (C=O) groups is 2. The lowest BCUT2D eigenvalue weighted by Gasteiger charge is -2.10. The van der Waals surface area contributed by atoms with Crippen molar-refractivity contribution in [3.05, 3.63) is 90.1 Å². The molecule has 0 radical (unpaired) electrons. The van der Waals surface area contributed by atoms with Gasteiger partial charge >= 0.3 is 6.55 Å². The Morgan fingerprint density at radius 3 is 2.68 bits per heavy atom. The van der Waals surface area contributed by atoms with E-state index in [4.69, 9.17) is 10.5 Å². The number of fused-ring (bicyclic) bond motifs is 1. The number of hydrogen-bond donors (Lipinski definition) is 2. The summed E-state index contributed by atoms with van der Waals surface area (Å²) in [7, 11) is 0. The summed E-state index contributed by atoms with van der Waals surface area (Å²) < 4.78 is 47.2. The van der Waals surface area contributed by atoms with E-state index in [-0.39, 0.29) is 29.5 Å². The molecular formula is C26H18F3N5O3S. The number of amides is 2. The van der Waals surface area contributed by atoms with Gasteiger partial charge in [-0.05, 0) is 59.0 Å². The molecule has 5 rings (SSSR count). The molecule has 0 saturated heterocycles. The van der Waals surface area contributed by atoms with Crippen molar-refractivity contribution in [3.63, 3.8) is 0 Å². The second-order valence-electron chi connectivity index (χ2n) is 8.16. The minimum absolute atomic E-state index is 0.00837. The number of alkyl halides is 2. The number of ether oxygens (including phenoxy) is 1. The van der Waals surface area contributed by atoms with Crippen molar-refractivity contribution in [1.29, 1.82) is 0 Å². The molecule has 12 heteroatoms. The lowest BCUT2D eigenvalue weighted by Crippen LogP contribution is -2.14. The highest BCUT2D eigenvalue weighted by Gasteiger charge is 2.15. The number of nitrogens with two attached hydrogens (primary N) is 1. The van der Waals surface area contributed by atoms with Gasteiger partial charge in [-0.1, -0.05) is 12.1 Å². The summed E-state index contributed by atoms with van der Waals surface area (Å²) in [6, 6.07) is 14.2. The quantitative estimate of drug-likeness (QED) is 0.261. The molecule has 5 aromatic rings. The van der Waals surface area contributed by atoms with Crippen LogP contribution in [0.5, 0.6) is 11.6 Å². The first-order valence-corrected chi connectivity index (χ1v) is 12.0. The van der Waals surface area contributed by atoms with Gasteiger partial charge in [0, 0.05) is 22.7 Å². The van der Waals surface area contributed by atoms with E-state index in [2.05, 4.69) is 15.4 Å². The zero-order valence-electron chi connectivity index (χ0n) is 19.4. The number of pyridine rings is 1. The first kappa shape index (κ1) is 25.0. The summed E-state index contributed by atoms with van der Waals surface area (Å²) in [5, 5.41) is 7.86. The van der Waals surface area contributed by atoms with E-state index >= 15 is 0 Å². The van der Waals surface area contributed by atoms with E-state index in [1.807, 2.05) is 12.1 Å². The lowest BCUT2D eigenvalue weighted by atomic mass is 10.1. The van der Waals surface area contributed by atoms with Crippen LogP contribution in [0.4, 0.5) is 18.2 Å². The molecule has 0 bridgehead atoms. The summed E-state index contributed by atoms with van der Waals surface area (Å²) in [6.07, 6.45) is 3.92. The molecule has 3 aromatic heterocycles. The second kappa shape index (κ2) is 10.3. The van der Waals surface area contributed by atoms with Crippen molar-refractivity contribution >= 4 is 38.2 Å². The van der Waals surface area contributed by atoms with Crippen LogP contribution < -0.4 is 15.8 Å². The molecule has 0 atom stereocenters. The maximum absolute atomic E-state index is 14.7. The number of nitrogens with one attached hydrogen (secondary N) is 1. The van der Waals surface area contributed by atoms with Gasteiger partial charge in [0.1, 0.15) is 5.56 Å². The fourth-order valence-corrected chi connectivity index (χ4v) is 4.71. The average molecular weight is 538 g/mol. The number of thiophene rings is 1. The number of anilines is 1. The Labute approximate surface area is 217 Å². The van der Waals surface area contributed by atoms with Crippen LogP contribution in [-0.2, 0) is 11.2 Å². The smallest absolute Gasteiger partial charge is 0.333 e. The number of aromatic nitrogens is 3. The molecule has 38 heavy (non-hydrogen) atoms. The van der Waals surface area contributed by atoms with E-state index < -0.39 is 18.3 Å². The van der Waals surface area contributed by atoms with Gasteiger partial charge in [0.05, 0.1) is 17.6 Å². The van der Waals surface area contributed by atoms with Crippen LogP contribution in [0.25, 0.3) is 21.2 Å². The summed E-state index contributed by atoms with van der Waals surface area (Å²) >= 11 is 1.35. The van der Waals surface area contributed by atoms with Crippen LogP contribution in [0.15, 0.2) is 73.2 Å².